The second-order valence-corrected chi connectivity index (χ2v) is 7.64. The molecule has 4 nitrogen and oxygen atoms in total. The molecule has 0 saturated heterocycles. The van der Waals surface area contributed by atoms with Gasteiger partial charge in [0.05, 0.1) is 12.7 Å². The zero-order chi connectivity index (χ0) is 22.5. The number of rotatable bonds is 8. The monoisotopic (exact) mass is 429 g/mol. The van der Waals surface area contributed by atoms with Gasteiger partial charge in [0.25, 0.3) is 0 Å². The lowest BCUT2D eigenvalue weighted by atomic mass is 9.95. The Kier molecular flexibility index (Phi) is 6.47. The van der Waals surface area contributed by atoms with E-state index >= 15 is 0 Å². The van der Waals surface area contributed by atoms with E-state index in [1.807, 2.05) is 24.3 Å². The molecule has 0 aliphatic rings. The van der Waals surface area contributed by atoms with Crippen LogP contribution in [0, 0.1) is 5.82 Å². The van der Waals surface area contributed by atoms with E-state index in [0.29, 0.717) is 6.54 Å². The lowest BCUT2D eigenvalue weighted by molar-refractivity contribution is 0.0697. The van der Waals surface area contributed by atoms with Crippen molar-refractivity contribution in [2.45, 2.75) is 13.0 Å². The Bertz CT molecular complexity index is 1250. The largest absolute Gasteiger partial charge is 0.494 e. The van der Waals surface area contributed by atoms with Crippen LogP contribution in [0.3, 0.4) is 0 Å². The van der Waals surface area contributed by atoms with Gasteiger partial charge in [-0.05, 0) is 82.4 Å². The standard InChI is InChI=1S/C27H24FNO3/c1-32-26-16-18(6-11-25(26)28)12-13-29-17-19-14-22-4-2-3-5-23(22)24(15-19)20-7-9-21(10-8-20)27(30)31/h2-11,14-16,29H,12-13,17H2,1H3,(H,30,31). The number of carboxylic acid groups (broad SMARTS) is 1. The molecule has 5 heteroatoms. The van der Waals surface area contributed by atoms with Crippen molar-refractivity contribution in [3.8, 4) is 16.9 Å². The van der Waals surface area contributed by atoms with Crippen molar-refractivity contribution >= 4 is 16.7 Å². The van der Waals surface area contributed by atoms with E-state index in [1.54, 1.807) is 24.3 Å². The Morgan fingerprint density at radius 3 is 2.50 bits per heavy atom. The summed E-state index contributed by atoms with van der Waals surface area (Å²) in [5, 5.41) is 14.9. The van der Waals surface area contributed by atoms with Gasteiger partial charge in [-0.1, -0.05) is 42.5 Å². The molecule has 0 spiro atoms. The molecule has 162 valence electrons. The van der Waals surface area contributed by atoms with Crippen LogP contribution in [-0.2, 0) is 13.0 Å². The van der Waals surface area contributed by atoms with Crippen LogP contribution >= 0.6 is 0 Å². The van der Waals surface area contributed by atoms with Gasteiger partial charge >= 0.3 is 5.97 Å². The van der Waals surface area contributed by atoms with Gasteiger partial charge in [0.15, 0.2) is 11.6 Å². The molecule has 0 aromatic heterocycles. The molecular formula is C27H24FNO3. The number of benzene rings is 4. The molecule has 32 heavy (non-hydrogen) atoms. The fourth-order valence-corrected chi connectivity index (χ4v) is 3.83. The number of carbonyl (C=O) groups is 1. The second kappa shape index (κ2) is 9.62. The number of aromatic carboxylic acids is 1. The first-order valence-electron chi connectivity index (χ1n) is 10.4. The Balaban J connectivity index is 1.51. The molecule has 0 unspecified atom stereocenters. The number of ether oxygens (including phenoxy) is 1. The molecule has 4 rings (SSSR count). The van der Waals surface area contributed by atoms with Crippen LogP contribution in [0.25, 0.3) is 21.9 Å². The van der Waals surface area contributed by atoms with E-state index in [4.69, 9.17) is 4.74 Å². The first-order chi connectivity index (χ1) is 15.5. The van der Waals surface area contributed by atoms with Crippen molar-refractivity contribution in [1.29, 1.82) is 0 Å². The summed E-state index contributed by atoms with van der Waals surface area (Å²) in [4.78, 5) is 11.2. The van der Waals surface area contributed by atoms with Crippen molar-refractivity contribution in [2.24, 2.45) is 0 Å². The van der Waals surface area contributed by atoms with Crippen molar-refractivity contribution in [3.63, 3.8) is 0 Å². The smallest absolute Gasteiger partial charge is 0.335 e. The van der Waals surface area contributed by atoms with Crippen molar-refractivity contribution in [3.05, 3.63) is 101 Å². The van der Waals surface area contributed by atoms with E-state index in [1.165, 1.54) is 13.2 Å². The van der Waals surface area contributed by atoms with Gasteiger partial charge in [-0.3, -0.25) is 0 Å². The van der Waals surface area contributed by atoms with Crippen LogP contribution in [0.2, 0.25) is 0 Å². The summed E-state index contributed by atoms with van der Waals surface area (Å²) in [6.45, 7) is 1.42. The number of carboxylic acids is 1. The number of methoxy groups -OCH3 is 1. The first kappa shape index (κ1) is 21.5. The van der Waals surface area contributed by atoms with Crippen molar-refractivity contribution in [2.75, 3.05) is 13.7 Å². The number of hydrogen-bond donors (Lipinski definition) is 2. The van der Waals surface area contributed by atoms with Gasteiger partial charge in [-0.25, -0.2) is 9.18 Å². The molecule has 0 heterocycles. The summed E-state index contributed by atoms with van der Waals surface area (Å²) in [6.07, 6.45) is 0.758. The predicted molar refractivity (Wildman–Crippen MR) is 125 cm³/mol. The summed E-state index contributed by atoms with van der Waals surface area (Å²) < 4.78 is 18.6. The molecule has 4 aromatic rings. The molecule has 0 atom stereocenters. The van der Waals surface area contributed by atoms with Gasteiger partial charge in [-0.2, -0.15) is 0 Å². The van der Waals surface area contributed by atoms with Gasteiger partial charge in [0.2, 0.25) is 0 Å². The maximum atomic E-state index is 13.6. The highest BCUT2D eigenvalue weighted by atomic mass is 19.1. The van der Waals surface area contributed by atoms with E-state index in [9.17, 15) is 14.3 Å². The lowest BCUT2D eigenvalue weighted by Gasteiger charge is -2.12. The average molecular weight is 429 g/mol. The molecular weight excluding hydrogens is 405 g/mol. The molecule has 0 saturated carbocycles. The Morgan fingerprint density at radius 1 is 0.969 bits per heavy atom. The quantitative estimate of drug-likeness (QED) is 0.354. The van der Waals surface area contributed by atoms with Crippen LogP contribution in [-0.4, -0.2) is 24.7 Å². The number of hydrogen-bond acceptors (Lipinski definition) is 3. The first-order valence-corrected chi connectivity index (χ1v) is 10.4. The van der Waals surface area contributed by atoms with Gasteiger partial charge in [0, 0.05) is 6.54 Å². The molecule has 0 aliphatic heterocycles. The van der Waals surface area contributed by atoms with E-state index in [2.05, 4.69) is 29.6 Å². The normalized spacial score (nSPS) is 10.9. The van der Waals surface area contributed by atoms with Crippen molar-refractivity contribution < 1.29 is 19.0 Å². The number of halogens is 1. The van der Waals surface area contributed by atoms with E-state index < -0.39 is 5.97 Å². The van der Waals surface area contributed by atoms with Crippen LogP contribution in [0.5, 0.6) is 5.75 Å². The molecule has 0 radical (unpaired) electrons. The maximum Gasteiger partial charge on any atom is 0.335 e. The third-order valence-corrected chi connectivity index (χ3v) is 5.50. The third kappa shape index (κ3) is 4.79. The van der Waals surface area contributed by atoms with Crippen LogP contribution < -0.4 is 10.1 Å². The third-order valence-electron chi connectivity index (χ3n) is 5.50. The lowest BCUT2D eigenvalue weighted by Crippen LogP contribution is -2.16. The minimum absolute atomic E-state index is 0.260. The molecule has 0 bridgehead atoms. The summed E-state index contributed by atoms with van der Waals surface area (Å²) in [5.74, 6) is -1.03. The summed E-state index contributed by atoms with van der Waals surface area (Å²) in [5.41, 5.74) is 4.46. The minimum Gasteiger partial charge on any atom is -0.494 e. The Hall–Kier alpha value is -3.70. The average Bonchev–Trinajstić information content (AvgIpc) is 2.82. The minimum atomic E-state index is -0.932. The highest BCUT2D eigenvalue weighted by Crippen LogP contribution is 2.30. The fourth-order valence-electron chi connectivity index (χ4n) is 3.83. The topological polar surface area (TPSA) is 58.6 Å². The molecule has 4 aromatic carbocycles. The molecule has 0 fully saturated rings. The summed E-state index contributed by atoms with van der Waals surface area (Å²) in [7, 11) is 1.47. The zero-order valence-electron chi connectivity index (χ0n) is 17.8. The highest BCUT2D eigenvalue weighted by molar-refractivity contribution is 5.98. The number of nitrogens with one attached hydrogen (secondary N) is 1. The van der Waals surface area contributed by atoms with E-state index in [0.717, 1.165) is 46.0 Å². The fraction of sp³-hybridized carbons (Fsp3) is 0.148. The van der Waals surface area contributed by atoms with Crippen LogP contribution in [0.15, 0.2) is 78.9 Å². The number of fused-ring (bicyclic) bond motifs is 1. The summed E-state index contributed by atoms with van der Waals surface area (Å²) in [6, 6.07) is 24.4. The SMILES string of the molecule is COc1cc(CCNCc2cc(-c3ccc(C(=O)O)cc3)c3ccccc3c2)ccc1F. The van der Waals surface area contributed by atoms with Crippen molar-refractivity contribution in [1.82, 2.24) is 5.32 Å². The van der Waals surface area contributed by atoms with Gasteiger partial charge in [0.1, 0.15) is 0 Å². The Morgan fingerprint density at radius 2 is 1.75 bits per heavy atom. The maximum absolute atomic E-state index is 13.6. The van der Waals surface area contributed by atoms with Crippen LogP contribution in [0.1, 0.15) is 21.5 Å². The Labute approximate surface area is 186 Å². The molecule has 0 aliphatic carbocycles. The van der Waals surface area contributed by atoms with E-state index in [-0.39, 0.29) is 17.1 Å². The second-order valence-electron chi connectivity index (χ2n) is 7.64. The van der Waals surface area contributed by atoms with Gasteiger partial charge in [-0.15, -0.1) is 0 Å². The van der Waals surface area contributed by atoms with Crippen LogP contribution in [0.4, 0.5) is 4.39 Å². The van der Waals surface area contributed by atoms with Gasteiger partial charge < -0.3 is 15.2 Å². The zero-order valence-corrected chi connectivity index (χ0v) is 17.8. The summed E-state index contributed by atoms with van der Waals surface area (Å²) >= 11 is 0. The predicted octanol–water partition coefficient (Wildman–Crippen LogP) is 5.69. The molecule has 0 amide bonds. The molecule has 2 N–H and O–H groups in total. The highest BCUT2D eigenvalue weighted by Gasteiger charge is 2.09.